The van der Waals surface area contributed by atoms with Gasteiger partial charge in [0.15, 0.2) is 0 Å². The average Bonchev–Trinajstić information content (AvgIpc) is 2.10. The summed E-state index contributed by atoms with van der Waals surface area (Å²) in [6.07, 6.45) is 6.94. The second-order valence-corrected chi connectivity index (χ2v) is 4.79. The number of nitrogens with one attached hydrogen (secondary N) is 1. The standard InChI is InChI=1S/C11H21N/c1-9(2)10-7-5-6-8-11(3,4)12-10/h5-6,9-10,12H,7-8H2,1-4H3. The first-order valence-electron chi connectivity index (χ1n) is 4.94. The van der Waals surface area contributed by atoms with Gasteiger partial charge in [0.25, 0.3) is 0 Å². The molecule has 1 nitrogen and oxygen atoms in total. The van der Waals surface area contributed by atoms with E-state index in [2.05, 4.69) is 45.2 Å². The molecule has 0 aliphatic carbocycles. The molecule has 1 heteroatoms. The van der Waals surface area contributed by atoms with Crippen LogP contribution in [0.2, 0.25) is 0 Å². The van der Waals surface area contributed by atoms with Gasteiger partial charge in [0.1, 0.15) is 0 Å². The topological polar surface area (TPSA) is 12.0 Å². The lowest BCUT2D eigenvalue weighted by Gasteiger charge is -2.31. The van der Waals surface area contributed by atoms with E-state index in [0.29, 0.717) is 6.04 Å². The highest BCUT2D eigenvalue weighted by Crippen LogP contribution is 2.19. The van der Waals surface area contributed by atoms with Crippen molar-refractivity contribution in [2.75, 3.05) is 0 Å². The molecule has 0 amide bonds. The molecule has 1 heterocycles. The summed E-state index contributed by atoms with van der Waals surface area (Å²) in [6, 6.07) is 0.652. The van der Waals surface area contributed by atoms with Crippen LogP contribution in [0.5, 0.6) is 0 Å². The molecule has 0 spiro atoms. The maximum Gasteiger partial charge on any atom is 0.0162 e. The molecule has 0 aromatic carbocycles. The van der Waals surface area contributed by atoms with Crippen LogP contribution in [0.1, 0.15) is 40.5 Å². The maximum atomic E-state index is 3.69. The molecule has 0 radical (unpaired) electrons. The molecule has 1 unspecified atom stereocenters. The van der Waals surface area contributed by atoms with Crippen molar-refractivity contribution in [3.8, 4) is 0 Å². The minimum atomic E-state index is 0.280. The summed E-state index contributed by atoms with van der Waals surface area (Å²) in [5.41, 5.74) is 0.280. The van der Waals surface area contributed by atoms with Crippen LogP contribution in [0.25, 0.3) is 0 Å². The van der Waals surface area contributed by atoms with Gasteiger partial charge >= 0.3 is 0 Å². The zero-order valence-corrected chi connectivity index (χ0v) is 8.72. The van der Waals surface area contributed by atoms with Gasteiger partial charge in [-0.2, -0.15) is 0 Å². The quantitative estimate of drug-likeness (QED) is 0.592. The van der Waals surface area contributed by atoms with Crippen LogP contribution in [0.4, 0.5) is 0 Å². The van der Waals surface area contributed by atoms with Crippen LogP contribution in [0, 0.1) is 5.92 Å². The molecule has 1 atom stereocenters. The molecule has 1 N–H and O–H groups in total. The Balaban J connectivity index is 2.62. The molecule has 70 valence electrons. The van der Waals surface area contributed by atoms with E-state index in [1.165, 1.54) is 6.42 Å². The fourth-order valence-corrected chi connectivity index (χ4v) is 1.68. The molecular weight excluding hydrogens is 146 g/mol. The van der Waals surface area contributed by atoms with Crippen LogP contribution in [-0.2, 0) is 0 Å². The van der Waals surface area contributed by atoms with Gasteiger partial charge in [-0.3, -0.25) is 0 Å². The molecule has 1 rings (SSSR count). The summed E-state index contributed by atoms with van der Waals surface area (Å²) in [4.78, 5) is 0. The van der Waals surface area contributed by atoms with Crippen molar-refractivity contribution in [1.29, 1.82) is 0 Å². The minimum Gasteiger partial charge on any atom is -0.308 e. The van der Waals surface area contributed by atoms with Crippen molar-refractivity contribution < 1.29 is 0 Å². The van der Waals surface area contributed by atoms with E-state index in [9.17, 15) is 0 Å². The average molecular weight is 167 g/mol. The van der Waals surface area contributed by atoms with Crippen LogP contribution >= 0.6 is 0 Å². The van der Waals surface area contributed by atoms with Gasteiger partial charge < -0.3 is 5.32 Å². The summed E-state index contributed by atoms with van der Waals surface area (Å²) in [5, 5.41) is 3.69. The van der Waals surface area contributed by atoms with Crippen LogP contribution in [-0.4, -0.2) is 11.6 Å². The monoisotopic (exact) mass is 167 g/mol. The third kappa shape index (κ3) is 2.63. The lowest BCUT2D eigenvalue weighted by Crippen LogP contribution is -2.46. The second-order valence-electron chi connectivity index (χ2n) is 4.79. The number of hydrogen-bond donors (Lipinski definition) is 1. The Kier molecular flexibility index (Phi) is 2.94. The Bertz CT molecular complexity index is 168. The highest BCUT2D eigenvalue weighted by molar-refractivity contribution is 4.99. The van der Waals surface area contributed by atoms with Gasteiger partial charge in [0.05, 0.1) is 0 Å². The van der Waals surface area contributed by atoms with Gasteiger partial charge in [-0.1, -0.05) is 26.0 Å². The summed E-state index contributed by atoms with van der Waals surface area (Å²) in [7, 11) is 0. The van der Waals surface area contributed by atoms with Crippen molar-refractivity contribution in [1.82, 2.24) is 5.32 Å². The Morgan fingerprint density at radius 2 is 2.00 bits per heavy atom. The second kappa shape index (κ2) is 3.61. The third-order valence-corrected chi connectivity index (χ3v) is 2.57. The number of rotatable bonds is 1. The van der Waals surface area contributed by atoms with Crippen molar-refractivity contribution in [3.05, 3.63) is 12.2 Å². The van der Waals surface area contributed by atoms with Gasteiger partial charge in [0, 0.05) is 11.6 Å². The molecule has 0 fully saturated rings. The van der Waals surface area contributed by atoms with Gasteiger partial charge in [0.2, 0.25) is 0 Å². The molecule has 0 saturated heterocycles. The van der Waals surface area contributed by atoms with Gasteiger partial charge in [-0.05, 0) is 32.6 Å². The minimum absolute atomic E-state index is 0.280. The molecule has 1 aliphatic heterocycles. The van der Waals surface area contributed by atoms with E-state index in [4.69, 9.17) is 0 Å². The summed E-state index contributed by atoms with van der Waals surface area (Å²) < 4.78 is 0. The van der Waals surface area contributed by atoms with E-state index in [-0.39, 0.29) is 5.54 Å². The summed E-state index contributed by atoms with van der Waals surface area (Å²) >= 11 is 0. The fourth-order valence-electron chi connectivity index (χ4n) is 1.68. The van der Waals surface area contributed by atoms with Gasteiger partial charge in [-0.15, -0.1) is 0 Å². The molecule has 12 heavy (non-hydrogen) atoms. The first-order valence-corrected chi connectivity index (χ1v) is 4.94. The van der Waals surface area contributed by atoms with E-state index in [1.807, 2.05) is 0 Å². The van der Waals surface area contributed by atoms with Crippen molar-refractivity contribution in [3.63, 3.8) is 0 Å². The first-order chi connectivity index (χ1) is 5.51. The zero-order chi connectivity index (χ0) is 9.19. The Labute approximate surface area is 76.2 Å². The van der Waals surface area contributed by atoms with E-state index < -0.39 is 0 Å². The van der Waals surface area contributed by atoms with E-state index in [0.717, 1.165) is 12.3 Å². The Morgan fingerprint density at radius 1 is 1.33 bits per heavy atom. The van der Waals surface area contributed by atoms with Crippen LogP contribution < -0.4 is 5.32 Å². The van der Waals surface area contributed by atoms with Crippen LogP contribution in [0.15, 0.2) is 12.2 Å². The zero-order valence-electron chi connectivity index (χ0n) is 8.72. The molecule has 1 aliphatic rings. The van der Waals surface area contributed by atoms with E-state index >= 15 is 0 Å². The molecule has 0 aromatic heterocycles. The smallest absolute Gasteiger partial charge is 0.0162 e. The lowest BCUT2D eigenvalue weighted by atomic mass is 9.97. The normalized spacial score (nSPS) is 28.9. The third-order valence-electron chi connectivity index (χ3n) is 2.57. The first kappa shape index (κ1) is 9.79. The van der Waals surface area contributed by atoms with Gasteiger partial charge in [-0.25, -0.2) is 0 Å². The Morgan fingerprint density at radius 3 is 2.58 bits per heavy atom. The largest absolute Gasteiger partial charge is 0.308 e. The number of hydrogen-bond acceptors (Lipinski definition) is 1. The summed E-state index contributed by atoms with van der Waals surface area (Å²) in [6.45, 7) is 9.12. The molecule has 0 bridgehead atoms. The highest BCUT2D eigenvalue weighted by Gasteiger charge is 2.23. The van der Waals surface area contributed by atoms with Crippen molar-refractivity contribution in [2.24, 2.45) is 5.92 Å². The molecule has 0 saturated carbocycles. The van der Waals surface area contributed by atoms with Crippen molar-refractivity contribution in [2.45, 2.75) is 52.1 Å². The van der Waals surface area contributed by atoms with E-state index in [1.54, 1.807) is 0 Å². The van der Waals surface area contributed by atoms with Crippen molar-refractivity contribution >= 4 is 0 Å². The molecule has 0 aromatic rings. The predicted octanol–water partition coefficient (Wildman–Crippen LogP) is 2.73. The SMILES string of the molecule is CC(C)C1CC=CCC(C)(C)N1. The Hall–Kier alpha value is -0.300. The van der Waals surface area contributed by atoms with Crippen LogP contribution in [0.3, 0.4) is 0 Å². The fraction of sp³-hybridized carbons (Fsp3) is 0.818. The molecular formula is C11H21N. The lowest BCUT2D eigenvalue weighted by molar-refractivity contribution is 0.296. The maximum absolute atomic E-state index is 3.69. The summed E-state index contributed by atoms with van der Waals surface area (Å²) in [5.74, 6) is 0.729. The predicted molar refractivity (Wildman–Crippen MR) is 54.2 cm³/mol. The highest BCUT2D eigenvalue weighted by atomic mass is 15.0.